The van der Waals surface area contributed by atoms with Crippen LogP contribution in [0.5, 0.6) is 0 Å². The van der Waals surface area contributed by atoms with E-state index < -0.39 is 5.60 Å². The van der Waals surface area contributed by atoms with Gasteiger partial charge in [0.2, 0.25) is 0 Å². The van der Waals surface area contributed by atoms with Crippen molar-refractivity contribution in [3.63, 3.8) is 0 Å². The van der Waals surface area contributed by atoms with Gasteiger partial charge in [-0.25, -0.2) is 0 Å². The molecule has 104 valence electrons. The quantitative estimate of drug-likeness (QED) is 0.508. The van der Waals surface area contributed by atoms with Gasteiger partial charge in [-0.05, 0) is 6.07 Å². The van der Waals surface area contributed by atoms with Crippen LogP contribution in [0.3, 0.4) is 0 Å². The van der Waals surface area contributed by atoms with Gasteiger partial charge in [0.1, 0.15) is 5.60 Å². The Labute approximate surface area is 111 Å². The van der Waals surface area contributed by atoms with Crippen molar-refractivity contribution in [1.82, 2.24) is 10.3 Å². The van der Waals surface area contributed by atoms with Crippen LogP contribution in [0.2, 0.25) is 0 Å². The zero-order chi connectivity index (χ0) is 13.7. The van der Waals surface area contributed by atoms with Gasteiger partial charge >= 0.3 is 0 Å². The van der Waals surface area contributed by atoms with Gasteiger partial charge < -0.3 is 20.2 Å². The number of amides is 1. The van der Waals surface area contributed by atoms with Crippen molar-refractivity contribution in [3.8, 4) is 0 Å². The first kappa shape index (κ1) is 13.7. The minimum absolute atomic E-state index is 0.223. The Bertz CT molecular complexity index is 446. The van der Waals surface area contributed by atoms with Gasteiger partial charge in [-0.3, -0.25) is 15.6 Å². The predicted molar refractivity (Wildman–Crippen MR) is 69.6 cm³/mol. The Morgan fingerprint density at radius 3 is 3.16 bits per heavy atom. The number of nitrogens with zero attached hydrogens (tertiary/aromatic N) is 1. The largest absolute Gasteiger partial charge is 0.378 e. The standard InChI is InChI=1S/C12H18N4O3/c1-18-12(3-5-19-8-12)7-15-11(17)9-2-4-14-6-10(9)16-13/h2,4,6,16H,3,5,7-8,13H2,1H3,(H,15,17). The molecule has 0 radical (unpaired) electrons. The second kappa shape index (κ2) is 5.96. The molecule has 2 heterocycles. The molecule has 1 aromatic heterocycles. The van der Waals surface area contributed by atoms with Crippen LogP contribution in [0.15, 0.2) is 18.5 Å². The summed E-state index contributed by atoms with van der Waals surface area (Å²) in [5, 5.41) is 2.84. The first-order valence-electron chi connectivity index (χ1n) is 6.02. The number of anilines is 1. The molecular weight excluding hydrogens is 248 g/mol. The molecule has 7 nitrogen and oxygen atoms in total. The van der Waals surface area contributed by atoms with Crippen molar-refractivity contribution in [1.29, 1.82) is 0 Å². The molecular formula is C12H18N4O3. The Morgan fingerprint density at radius 2 is 2.53 bits per heavy atom. The number of hydrogen-bond acceptors (Lipinski definition) is 6. The summed E-state index contributed by atoms with van der Waals surface area (Å²) in [4.78, 5) is 16.0. The van der Waals surface area contributed by atoms with E-state index in [0.717, 1.165) is 6.42 Å². The van der Waals surface area contributed by atoms with Crippen LogP contribution in [0.1, 0.15) is 16.8 Å². The number of aromatic nitrogens is 1. The van der Waals surface area contributed by atoms with Gasteiger partial charge in [0, 0.05) is 32.9 Å². The first-order valence-corrected chi connectivity index (χ1v) is 6.02. The summed E-state index contributed by atoms with van der Waals surface area (Å²) in [6, 6.07) is 1.61. The third-order valence-corrected chi connectivity index (χ3v) is 3.29. The molecule has 1 aromatic rings. The molecule has 0 spiro atoms. The lowest BCUT2D eigenvalue weighted by atomic mass is 10.0. The summed E-state index contributed by atoms with van der Waals surface area (Å²) in [6.07, 6.45) is 3.81. The molecule has 0 bridgehead atoms. The molecule has 1 aliphatic heterocycles. The average molecular weight is 266 g/mol. The van der Waals surface area contributed by atoms with Crippen molar-refractivity contribution in [3.05, 3.63) is 24.0 Å². The smallest absolute Gasteiger partial charge is 0.253 e. The van der Waals surface area contributed by atoms with Crippen LogP contribution in [-0.4, -0.2) is 43.4 Å². The monoisotopic (exact) mass is 266 g/mol. The van der Waals surface area contributed by atoms with Crippen molar-refractivity contribution in [2.75, 3.05) is 32.3 Å². The number of ether oxygens (including phenoxy) is 2. The molecule has 1 fully saturated rings. The first-order chi connectivity index (χ1) is 9.21. The van der Waals surface area contributed by atoms with Gasteiger partial charge in [0.15, 0.2) is 0 Å². The third kappa shape index (κ3) is 3.01. The van der Waals surface area contributed by atoms with E-state index in [4.69, 9.17) is 15.3 Å². The van der Waals surface area contributed by atoms with Crippen molar-refractivity contribution in [2.24, 2.45) is 5.84 Å². The molecule has 1 unspecified atom stereocenters. The second-order valence-corrected chi connectivity index (χ2v) is 4.44. The maximum atomic E-state index is 12.1. The lowest BCUT2D eigenvalue weighted by Gasteiger charge is -2.26. The highest BCUT2D eigenvalue weighted by atomic mass is 16.5. The van der Waals surface area contributed by atoms with E-state index >= 15 is 0 Å². The molecule has 1 aliphatic rings. The molecule has 0 saturated carbocycles. The zero-order valence-electron chi connectivity index (χ0n) is 10.8. The molecule has 2 rings (SSSR count). The number of pyridine rings is 1. The van der Waals surface area contributed by atoms with E-state index in [1.165, 1.54) is 6.20 Å². The van der Waals surface area contributed by atoms with Crippen LogP contribution in [0, 0.1) is 0 Å². The molecule has 7 heteroatoms. The molecule has 1 atom stereocenters. The number of methoxy groups -OCH3 is 1. The molecule has 19 heavy (non-hydrogen) atoms. The molecule has 0 aromatic carbocycles. The molecule has 4 N–H and O–H groups in total. The number of nitrogens with one attached hydrogen (secondary N) is 2. The lowest BCUT2D eigenvalue weighted by molar-refractivity contribution is -0.0148. The number of hydrazine groups is 1. The summed E-state index contributed by atoms with van der Waals surface area (Å²) >= 11 is 0. The summed E-state index contributed by atoms with van der Waals surface area (Å²) in [5.74, 6) is 5.12. The summed E-state index contributed by atoms with van der Waals surface area (Å²) < 4.78 is 10.8. The zero-order valence-corrected chi connectivity index (χ0v) is 10.8. The van der Waals surface area contributed by atoms with Gasteiger partial charge in [-0.2, -0.15) is 0 Å². The van der Waals surface area contributed by atoms with E-state index in [-0.39, 0.29) is 5.91 Å². The molecule has 0 aliphatic carbocycles. The molecule has 1 saturated heterocycles. The maximum absolute atomic E-state index is 12.1. The van der Waals surface area contributed by atoms with Crippen LogP contribution in [0.25, 0.3) is 0 Å². The van der Waals surface area contributed by atoms with Crippen molar-refractivity contribution >= 4 is 11.6 Å². The number of nitrogen functional groups attached to an aromatic ring is 1. The van der Waals surface area contributed by atoms with Crippen molar-refractivity contribution < 1.29 is 14.3 Å². The number of hydrogen-bond donors (Lipinski definition) is 3. The lowest BCUT2D eigenvalue weighted by Crippen LogP contribution is -2.45. The van der Waals surface area contributed by atoms with E-state index in [0.29, 0.717) is 31.0 Å². The number of nitrogens with two attached hydrogens (primary N) is 1. The Balaban J connectivity index is 2.01. The van der Waals surface area contributed by atoms with Crippen LogP contribution in [-0.2, 0) is 9.47 Å². The fraction of sp³-hybridized carbons (Fsp3) is 0.500. The number of rotatable bonds is 5. The van der Waals surface area contributed by atoms with E-state index in [2.05, 4.69) is 15.7 Å². The highest BCUT2D eigenvalue weighted by Crippen LogP contribution is 2.21. The summed E-state index contributed by atoms with van der Waals surface area (Å²) in [7, 11) is 1.63. The highest BCUT2D eigenvalue weighted by molar-refractivity contribution is 5.99. The summed E-state index contributed by atoms with van der Waals surface area (Å²) in [6.45, 7) is 1.53. The van der Waals surface area contributed by atoms with Crippen LogP contribution < -0.4 is 16.6 Å². The van der Waals surface area contributed by atoms with E-state index in [1.807, 2.05) is 0 Å². The third-order valence-electron chi connectivity index (χ3n) is 3.29. The number of carbonyl (C=O) groups is 1. The van der Waals surface area contributed by atoms with Crippen molar-refractivity contribution in [2.45, 2.75) is 12.0 Å². The fourth-order valence-electron chi connectivity index (χ4n) is 2.01. The predicted octanol–water partition coefficient (Wildman–Crippen LogP) is -0.0975. The Hall–Kier alpha value is -1.70. The van der Waals surface area contributed by atoms with Gasteiger partial charge in [-0.15, -0.1) is 0 Å². The highest BCUT2D eigenvalue weighted by Gasteiger charge is 2.35. The van der Waals surface area contributed by atoms with Gasteiger partial charge in [-0.1, -0.05) is 0 Å². The minimum Gasteiger partial charge on any atom is -0.378 e. The Morgan fingerprint density at radius 1 is 1.68 bits per heavy atom. The minimum atomic E-state index is -0.432. The van der Waals surface area contributed by atoms with Crippen LogP contribution in [0.4, 0.5) is 5.69 Å². The van der Waals surface area contributed by atoms with Gasteiger partial charge in [0.25, 0.3) is 5.91 Å². The van der Waals surface area contributed by atoms with Crippen LogP contribution >= 0.6 is 0 Å². The summed E-state index contributed by atoms with van der Waals surface area (Å²) in [5.41, 5.74) is 2.94. The van der Waals surface area contributed by atoms with Gasteiger partial charge in [0.05, 0.1) is 24.1 Å². The maximum Gasteiger partial charge on any atom is 0.253 e. The number of carbonyl (C=O) groups excluding carboxylic acids is 1. The second-order valence-electron chi connectivity index (χ2n) is 4.44. The Kier molecular flexibility index (Phi) is 4.31. The average Bonchev–Trinajstić information content (AvgIpc) is 2.94. The SMILES string of the molecule is COC1(CNC(=O)c2ccncc2NN)CCOC1. The van der Waals surface area contributed by atoms with E-state index in [1.54, 1.807) is 19.4 Å². The van der Waals surface area contributed by atoms with E-state index in [9.17, 15) is 4.79 Å². The fourth-order valence-corrected chi connectivity index (χ4v) is 2.01. The normalized spacial score (nSPS) is 22.2. The topological polar surface area (TPSA) is 98.5 Å². The molecule has 1 amide bonds.